The van der Waals surface area contributed by atoms with Gasteiger partial charge in [-0.25, -0.2) is 0 Å². The molecule has 2 rings (SSSR count). The normalized spacial score (nSPS) is 16.1. The zero-order valence-electron chi connectivity index (χ0n) is 9.99. The quantitative estimate of drug-likeness (QED) is 0.875. The van der Waals surface area contributed by atoms with E-state index in [4.69, 9.17) is 11.6 Å². The van der Waals surface area contributed by atoms with Crippen molar-refractivity contribution in [2.24, 2.45) is 0 Å². The lowest BCUT2D eigenvalue weighted by atomic mass is 10.1. The Kier molecular flexibility index (Phi) is 4.20. The van der Waals surface area contributed by atoms with E-state index in [0.717, 1.165) is 12.0 Å². The second kappa shape index (κ2) is 5.87. The summed E-state index contributed by atoms with van der Waals surface area (Å²) < 4.78 is 0. The maximum atomic E-state index is 12.1. The number of nitrogens with one attached hydrogen (secondary N) is 1. The Morgan fingerprint density at radius 2 is 2.06 bits per heavy atom. The van der Waals surface area contributed by atoms with E-state index in [0.29, 0.717) is 24.5 Å². The molecular formula is C13H15ClN2O2. The number of nitrogens with zero attached hydrogens (tertiary/aromatic N) is 1. The fourth-order valence-corrected chi connectivity index (χ4v) is 2.03. The van der Waals surface area contributed by atoms with Gasteiger partial charge in [0, 0.05) is 18.1 Å². The highest BCUT2D eigenvalue weighted by molar-refractivity contribution is 6.30. The minimum Gasteiger partial charge on any atom is -0.354 e. The van der Waals surface area contributed by atoms with Crippen LogP contribution in [0.3, 0.4) is 0 Å². The van der Waals surface area contributed by atoms with Crippen LogP contribution in [0.2, 0.25) is 5.02 Å². The minimum atomic E-state index is -0.0862. The molecule has 1 aliphatic rings. The molecule has 0 saturated carbocycles. The summed E-state index contributed by atoms with van der Waals surface area (Å²) in [5.74, 6) is -0.105. The van der Waals surface area contributed by atoms with Gasteiger partial charge >= 0.3 is 0 Å². The molecule has 1 N–H and O–H groups in total. The van der Waals surface area contributed by atoms with Gasteiger partial charge in [0.25, 0.3) is 0 Å². The van der Waals surface area contributed by atoms with Crippen LogP contribution in [0.4, 0.5) is 0 Å². The van der Waals surface area contributed by atoms with Crippen molar-refractivity contribution in [3.63, 3.8) is 0 Å². The van der Waals surface area contributed by atoms with Gasteiger partial charge in [-0.3, -0.25) is 9.59 Å². The highest BCUT2D eigenvalue weighted by atomic mass is 35.5. The molecule has 0 spiro atoms. The highest BCUT2D eigenvalue weighted by Gasteiger charge is 2.19. The van der Waals surface area contributed by atoms with E-state index in [9.17, 15) is 9.59 Å². The molecule has 0 aromatic heterocycles. The number of hydrogen-bond donors (Lipinski definition) is 1. The average molecular weight is 267 g/mol. The lowest BCUT2D eigenvalue weighted by molar-refractivity contribution is -0.134. The van der Waals surface area contributed by atoms with E-state index in [1.807, 2.05) is 12.1 Å². The molecule has 1 aromatic rings. The summed E-state index contributed by atoms with van der Waals surface area (Å²) in [6.45, 7) is 1.43. The second-order valence-electron chi connectivity index (χ2n) is 4.32. The third-order valence-electron chi connectivity index (χ3n) is 2.88. The number of rotatable bonds is 2. The molecule has 4 nitrogen and oxygen atoms in total. The molecule has 5 heteroatoms. The number of amides is 2. The van der Waals surface area contributed by atoms with Crippen molar-refractivity contribution in [3.8, 4) is 0 Å². The summed E-state index contributed by atoms with van der Waals surface area (Å²) in [5.41, 5.74) is 0.911. The zero-order valence-corrected chi connectivity index (χ0v) is 10.7. The summed E-state index contributed by atoms with van der Waals surface area (Å²) in [5, 5.41) is 3.40. The SMILES string of the molecule is O=C1CN(C(=O)Cc2ccc(Cl)cc2)CCCN1. The van der Waals surface area contributed by atoms with Crippen LogP contribution >= 0.6 is 11.6 Å². The highest BCUT2D eigenvalue weighted by Crippen LogP contribution is 2.11. The predicted octanol–water partition coefficient (Wildman–Crippen LogP) is 1.23. The molecule has 18 heavy (non-hydrogen) atoms. The Balaban J connectivity index is 1.98. The van der Waals surface area contributed by atoms with Gasteiger partial charge in [0.1, 0.15) is 0 Å². The largest absolute Gasteiger partial charge is 0.354 e. The first-order valence-corrected chi connectivity index (χ1v) is 6.32. The van der Waals surface area contributed by atoms with Crippen LogP contribution in [0.1, 0.15) is 12.0 Å². The topological polar surface area (TPSA) is 49.4 Å². The molecule has 0 bridgehead atoms. The summed E-state index contributed by atoms with van der Waals surface area (Å²) >= 11 is 5.79. The Labute approximate surface area is 111 Å². The summed E-state index contributed by atoms with van der Waals surface area (Å²) in [6, 6.07) is 7.19. The summed E-state index contributed by atoms with van der Waals surface area (Å²) in [6.07, 6.45) is 1.11. The third-order valence-corrected chi connectivity index (χ3v) is 3.13. The maximum Gasteiger partial charge on any atom is 0.239 e. The fraction of sp³-hybridized carbons (Fsp3) is 0.385. The molecule has 96 valence electrons. The van der Waals surface area contributed by atoms with Crippen LogP contribution in [-0.4, -0.2) is 36.3 Å². The number of benzene rings is 1. The number of hydrogen-bond acceptors (Lipinski definition) is 2. The minimum absolute atomic E-state index is 0.0191. The van der Waals surface area contributed by atoms with Crippen molar-refractivity contribution in [2.75, 3.05) is 19.6 Å². The average Bonchev–Trinajstić information content (AvgIpc) is 2.57. The van der Waals surface area contributed by atoms with Crippen LogP contribution in [0.15, 0.2) is 24.3 Å². The number of carbonyl (C=O) groups excluding carboxylic acids is 2. The molecule has 1 heterocycles. The van der Waals surface area contributed by atoms with Crippen molar-refractivity contribution in [1.82, 2.24) is 10.2 Å². The van der Waals surface area contributed by atoms with E-state index in [2.05, 4.69) is 5.32 Å². The monoisotopic (exact) mass is 266 g/mol. The first-order chi connectivity index (χ1) is 8.65. The van der Waals surface area contributed by atoms with Crippen molar-refractivity contribution >= 4 is 23.4 Å². The smallest absolute Gasteiger partial charge is 0.239 e. The third kappa shape index (κ3) is 3.47. The molecule has 2 amide bonds. The van der Waals surface area contributed by atoms with Gasteiger partial charge in [0.15, 0.2) is 0 Å². The Morgan fingerprint density at radius 3 is 2.78 bits per heavy atom. The van der Waals surface area contributed by atoms with Crippen LogP contribution in [0, 0.1) is 0 Å². The molecule has 1 fully saturated rings. The summed E-state index contributed by atoms with van der Waals surface area (Å²) in [7, 11) is 0. The number of carbonyl (C=O) groups is 2. The van der Waals surface area contributed by atoms with Gasteiger partial charge in [-0.15, -0.1) is 0 Å². The van der Waals surface area contributed by atoms with E-state index >= 15 is 0 Å². The molecule has 0 atom stereocenters. The van der Waals surface area contributed by atoms with Gasteiger partial charge in [-0.2, -0.15) is 0 Å². The molecular weight excluding hydrogens is 252 g/mol. The number of halogens is 1. The van der Waals surface area contributed by atoms with Crippen LogP contribution in [0.5, 0.6) is 0 Å². The Hall–Kier alpha value is -1.55. The summed E-state index contributed by atoms with van der Waals surface area (Å²) in [4.78, 5) is 25.0. The Morgan fingerprint density at radius 1 is 1.33 bits per heavy atom. The zero-order chi connectivity index (χ0) is 13.0. The fourth-order valence-electron chi connectivity index (χ4n) is 1.91. The molecule has 1 aromatic carbocycles. The van der Waals surface area contributed by atoms with E-state index in [1.165, 1.54) is 0 Å². The van der Waals surface area contributed by atoms with E-state index in [-0.39, 0.29) is 18.4 Å². The molecule has 1 aliphatic heterocycles. The maximum absolute atomic E-state index is 12.1. The molecule has 0 unspecified atom stereocenters. The lowest BCUT2D eigenvalue weighted by Crippen LogP contribution is -2.38. The van der Waals surface area contributed by atoms with Crippen LogP contribution < -0.4 is 5.32 Å². The molecule has 0 radical (unpaired) electrons. The van der Waals surface area contributed by atoms with E-state index < -0.39 is 0 Å². The van der Waals surface area contributed by atoms with Crippen molar-refractivity contribution in [2.45, 2.75) is 12.8 Å². The standard InChI is InChI=1S/C13H15ClN2O2/c14-11-4-2-10(3-5-11)8-13(18)16-7-1-6-15-12(17)9-16/h2-5H,1,6-9H2,(H,15,17). The van der Waals surface area contributed by atoms with Gasteiger partial charge in [0.05, 0.1) is 13.0 Å². The van der Waals surface area contributed by atoms with Gasteiger partial charge in [-0.1, -0.05) is 23.7 Å². The second-order valence-corrected chi connectivity index (χ2v) is 4.76. The van der Waals surface area contributed by atoms with Gasteiger partial charge < -0.3 is 10.2 Å². The Bertz CT molecular complexity index is 445. The van der Waals surface area contributed by atoms with Crippen molar-refractivity contribution < 1.29 is 9.59 Å². The van der Waals surface area contributed by atoms with Gasteiger partial charge in [0.2, 0.25) is 11.8 Å². The van der Waals surface area contributed by atoms with Crippen LogP contribution in [-0.2, 0) is 16.0 Å². The van der Waals surface area contributed by atoms with Crippen molar-refractivity contribution in [3.05, 3.63) is 34.9 Å². The predicted molar refractivity (Wildman–Crippen MR) is 69.4 cm³/mol. The first kappa shape index (κ1) is 12.9. The van der Waals surface area contributed by atoms with Crippen molar-refractivity contribution in [1.29, 1.82) is 0 Å². The lowest BCUT2D eigenvalue weighted by Gasteiger charge is -2.18. The molecule has 1 saturated heterocycles. The van der Waals surface area contributed by atoms with Crippen LogP contribution in [0.25, 0.3) is 0 Å². The van der Waals surface area contributed by atoms with E-state index in [1.54, 1.807) is 17.0 Å². The first-order valence-electron chi connectivity index (χ1n) is 5.94. The van der Waals surface area contributed by atoms with Gasteiger partial charge in [-0.05, 0) is 24.1 Å². The molecule has 0 aliphatic carbocycles.